The first-order valence-electron chi connectivity index (χ1n) is 7.06. The van der Waals surface area contributed by atoms with Crippen LogP contribution in [0.5, 0.6) is 0 Å². The Balaban J connectivity index is 1.83. The highest BCUT2D eigenvalue weighted by atomic mass is 32.2. The summed E-state index contributed by atoms with van der Waals surface area (Å²) in [6.45, 7) is 0. The molecule has 0 aliphatic carbocycles. The van der Waals surface area contributed by atoms with E-state index in [-0.39, 0.29) is 0 Å². The van der Waals surface area contributed by atoms with Gasteiger partial charge in [0.15, 0.2) is 14.5 Å². The number of hydrogen-bond donors (Lipinski definition) is 0. The number of pyridine rings is 1. The molecule has 4 rings (SSSR count). The molecule has 0 fully saturated rings. The lowest BCUT2D eigenvalue weighted by Gasteiger charge is -2.06. The molecule has 5 nitrogen and oxygen atoms in total. The van der Waals surface area contributed by atoms with Crippen LogP contribution in [0.25, 0.3) is 22.3 Å². The predicted molar refractivity (Wildman–Crippen MR) is 98.6 cm³/mol. The number of nitrogens with zero attached hydrogens (tertiary/aromatic N) is 5. The fourth-order valence-corrected chi connectivity index (χ4v) is 4.62. The molecule has 3 heterocycles. The minimum atomic E-state index is 0.666. The summed E-state index contributed by atoms with van der Waals surface area (Å²) >= 11 is 4.69. The Morgan fingerprint density at radius 3 is 2.62 bits per heavy atom. The number of fused-ring (bicyclic) bond motifs is 1. The number of thioether (sulfide) groups is 1. The monoisotopic (exact) mass is 369 g/mol. The highest BCUT2D eigenvalue weighted by Gasteiger charge is 2.13. The summed E-state index contributed by atoms with van der Waals surface area (Å²) in [7, 11) is 0. The van der Waals surface area contributed by atoms with Crippen molar-refractivity contribution in [2.45, 2.75) is 13.7 Å². The van der Waals surface area contributed by atoms with E-state index in [1.165, 1.54) is 11.8 Å². The Morgan fingerprint density at radius 2 is 1.83 bits per heavy atom. The third-order valence-electron chi connectivity index (χ3n) is 3.23. The normalized spacial score (nSPS) is 11.0. The van der Waals surface area contributed by atoms with Crippen LogP contribution in [0.1, 0.15) is 0 Å². The van der Waals surface area contributed by atoms with Gasteiger partial charge in [-0.3, -0.25) is 4.98 Å². The average molecular weight is 370 g/mol. The van der Waals surface area contributed by atoms with Crippen molar-refractivity contribution in [2.24, 2.45) is 0 Å². The Bertz CT molecular complexity index is 987. The maximum atomic E-state index is 4.75. The molecule has 0 saturated heterocycles. The highest BCUT2D eigenvalue weighted by molar-refractivity contribution is 8.03. The number of aromatic nitrogens is 5. The minimum Gasteiger partial charge on any atom is -0.264 e. The Labute approximate surface area is 151 Å². The van der Waals surface area contributed by atoms with Gasteiger partial charge in [-0.25, -0.2) is 9.97 Å². The molecule has 4 aromatic rings. The number of para-hydroxylation sites is 1. The number of rotatable bonds is 4. The van der Waals surface area contributed by atoms with Crippen LogP contribution in [0.2, 0.25) is 0 Å². The van der Waals surface area contributed by atoms with Crippen molar-refractivity contribution in [3.05, 3.63) is 48.8 Å². The smallest absolute Gasteiger partial charge is 0.181 e. The second kappa shape index (κ2) is 6.84. The fraction of sp³-hybridized carbons (Fsp3) is 0.0625. The van der Waals surface area contributed by atoms with Gasteiger partial charge in [0, 0.05) is 23.3 Å². The topological polar surface area (TPSA) is 64.5 Å². The van der Waals surface area contributed by atoms with Gasteiger partial charge < -0.3 is 0 Å². The molecular weight excluding hydrogens is 358 g/mol. The summed E-state index contributed by atoms with van der Waals surface area (Å²) in [5.41, 5.74) is 1.80. The SMILES string of the molecule is CSc1nnc(Sc2nc(-c3cccnc3)nc3ccccc23)s1. The van der Waals surface area contributed by atoms with Crippen LogP contribution in [-0.4, -0.2) is 31.4 Å². The van der Waals surface area contributed by atoms with Gasteiger partial charge in [0.1, 0.15) is 5.03 Å². The van der Waals surface area contributed by atoms with Gasteiger partial charge in [0.05, 0.1) is 5.52 Å². The molecule has 1 aromatic carbocycles. The molecule has 0 amide bonds. The maximum Gasteiger partial charge on any atom is 0.181 e. The molecule has 24 heavy (non-hydrogen) atoms. The van der Waals surface area contributed by atoms with E-state index < -0.39 is 0 Å². The average Bonchev–Trinajstić information content (AvgIpc) is 3.10. The molecule has 0 atom stereocenters. The largest absolute Gasteiger partial charge is 0.264 e. The first kappa shape index (κ1) is 15.5. The van der Waals surface area contributed by atoms with Gasteiger partial charge in [0.25, 0.3) is 0 Å². The van der Waals surface area contributed by atoms with E-state index in [0.717, 1.165) is 30.2 Å². The first-order valence-corrected chi connectivity index (χ1v) is 9.92. The van der Waals surface area contributed by atoms with Crippen LogP contribution in [0.15, 0.2) is 62.5 Å². The summed E-state index contributed by atoms with van der Waals surface area (Å²) in [6, 6.07) is 11.8. The van der Waals surface area contributed by atoms with E-state index >= 15 is 0 Å². The summed E-state index contributed by atoms with van der Waals surface area (Å²) in [5, 5.41) is 10.3. The molecule has 0 aliphatic heterocycles. The van der Waals surface area contributed by atoms with Crippen LogP contribution in [0.3, 0.4) is 0 Å². The van der Waals surface area contributed by atoms with Crippen LogP contribution >= 0.6 is 34.9 Å². The van der Waals surface area contributed by atoms with Gasteiger partial charge in [-0.15, -0.1) is 10.2 Å². The van der Waals surface area contributed by atoms with Crippen molar-refractivity contribution in [2.75, 3.05) is 6.26 Å². The minimum absolute atomic E-state index is 0.666. The second-order valence-electron chi connectivity index (χ2n) is 4.75. The Kier molecular flexibility index (Phi) is 4.42. The van der Waals surface area contributed by atoms with Crippen LogP contribution in [0.4, 0.5) is 0 Å². The van der Waals surface area contributed by atoms with Gasteiger partial charge in [-0.2, -0.15) is 0 Å². The maximum absolute atomic E-state index is 4.75. The first-order chi connectivity index (χ1) is 11.8. The lowest BCUT2D eigenvalue weighted by atomic mass is 10.2. The molecule has 0 radical (unpaired) electrons. The molecule has 118 valence electrons. The molecule has 0 saturated carbocycles. The zero-order chi connectivity index (χ0) is 16.4. The molecule has 0 spiro atoms. The van der Waals surface area contributed by atoms with E-state index in [1.54, 1.807) is 35.5 Å². The van der Waals surface area contributed by atoms with Crippen molar-refractivity contribution in [3.8, 4) is 11.4 Å². The molecule has 8 heteroatoms. The molecule has 0 unspecified atom stereocenters. The van der Waals surface area contributed by atoms with E-state index in [0.29, 0.717) is 5.82 Å². The standard InChI is InChI=1S/C16H11N5S3/c1-22-15-20-21-16(24-15)23-14-11-6-2-3-7-12(11)18-13(19-14)10-5-4-8-17-9-10/h2-9H,1H3. The van der Waals surface area contributed by atoms with Gasteiger partial charge >= 0.3 is 0 Å². The highest BCUT2D eigenvalue weighted by Crippen LogP contribution is 2.36. The zero-order valence-corrected chi connectivity index (χ0v) is 15.0. The van der Waals surface area contributed by atoms with Gasteiger partial charge in [-0.05, 0) is 36.2 Å². The lowest BCUT2D eigenvalue weighted by Crippen LogP contribution is -1.94. The van der Waals surface area contributed by atoms with E-state index in [9.17, 15) is 0 Å². The lowest BCUT2D eigenvalue weighted by molar-refractivity contribution is 0.954. The molecule has 0 aliphatic rings. The number of benzene rings is 1. The molecule has 0 bridgehead atoms. The van der Waals surface area contributed by atoms with E-state index in [1.807, 2.05) is 42.7 Å². The van der Waals surface area contributed by atoms with Crippen molar-refractivity contribution in [1.29, 1.82) is 0 Å². The molecule has 0 N–H and O–H groups in total. The summed E-state index contributed by atoms with van der Waals surface area (Å²) in [6.07, 6.45) is 5.51. The Hall–Kier alpha value is -2.03. The van der Waals surface area contributed by atoms with Crippen molar-refractivity contribution >= 4 is 45.8 Å². The fourth-order valence-electron chi connectivity index (χ4n) is 2.15. The summed E-state index contributed by atoms with van der Waals surface area (Å²) in [4.78, 5) is 13.6. The molecule has 3 aromatic heterocycles. The second-order valence-corrected chi connectivity index (χ2v) is 8.02. The van der Waals surface area contributed by atoms with Gasteiger partial charge in [-0.1, -0.05) is 41.3 Å². The summed E-state index contributed by atoms with van der Waals surface area (Å²) < 4.78 is 1.82. The quantitative estimate of drug-likeness (QED) is 0.390. The van der Waals surface area contributed by atoms with Crippen LogP contribution in [0, 0.1) is 0 Å². The van der Waals surface area contributed by atoms with Crippen LogP contribution < -0.4 is 0 Å². The van der Waals surface area contributed by atoms with Gasteiger partial charge in [0.2, 0.25) is 0 Å². The van der Waals surface area contributed by atoms with Crippen molar-refractivity contribution in [3.63, 3.8) is 0 Å². The van der Waals surface area contributed by atoms with Crippen LogP contribution in [-0.2, 0) is 0 Å². The van der Waals surface area contributed by atoms with E-state index in [2.05, 4.69) is 20.2 Å². The third kappa shape index (κ3) is 3.12. The van der Waals surface area contributed by atoms with Crippen molar-refractivity contribution in [1.82, 2.24) is 25.1 Å². The zero-order valence-electron chi connectivity index (χ0n) is 12.6. The predicted octanol–water partition coefficient (Wildman–Crippen LogP) is 4.42. The van der Waals surface area contributed by atoms with Crippen molar-refractivity contribution < 1.29 is 0 Å². The molecular formula is C16H11N5S3. The Morgan fingerprint density at radius 1 is 0.958 bits per heavy atom. The summed E-state index contributed by atoms with van der Waals surface area (Å²) in [5.74, 6) is 0.666. The third-order valence-corrected chi connectivity index (χ3v) is 6.19. The van der Waals surface area contributed by atoms with E-state index in [4.69, 9.17) is 4.98 Å². The number of hydrogen-bond acceptors (Lipinski definition) is 8.